The maximum absolute atomic E-state index is 11.2. The summed E-state index contributed by atoms with van der Waals surface area (Å²) < 4.78 is 33.8. The van der Waals surface area contributed by atoms with Crippen LogP contribution >= 0.6 is 0 Å². The van der Waals surface area contributed by atoms with E-state index < -0.39 is 11.8 Å². The van der Waals surface area contributed by atoms with Gasteiger partial charge in [-0.15, -0.1) is 0 Å². The van der Waals surface area contributed by atoms with Crippen LogP contribution in [0.3, 0.4) is 0 Å². The second kappa shape index (κ2) is 1.62. The van der Waals surface area contributed by atoms with Crippen molar-refractivity contribution < 1.29 is 18.3 Å². The molecule has 0 saturated carbocycles. The monoisotopic (exact) mass is 127 g/mol. The Morgan fingerprint density at radius 1 is 1.38 bits per heavy atom. The maximum atomic E-state index is 11.2. The number of hydrogen-bond donors (Lipinski definition) is 1. The molecule has 49 valence electrons. The van der Waals surface area contributed by atoms with Crippen LogP contribution in [0.4, 0.5) is 13.2 Å². The van der Waals surface area contributed by atoms with Crippen molar-refractivity contribution >= 4 is 0 Å². The lowest BCUT2D eigenvalue weighted by Crippen LogP contribution is -2.38. The molecular weight excluding hydrogens is 121 g/mol. The maximum Gasteiger partial charge on any atom is 0.416 e. The zero-order chi connectivity index (χ0) is 7.00. The second-order valence-corrected chi connectivity index (χ2v) is 1.77. The van der Waals surface area contributed by atoms with Crippen molar-refractivity contribution in [2.45, 2.75) is 18.7 Å². The van der Waals surface area contributed by atoms with Crippen LogP contribution in [0.1, 0.15) is 6.92 Å². The van der Waals surface area contributed by atoms with Gasteiger partial charge in [-0.1, -0.05) is 0 Å². The van der Waals surface area contributed by atoms with Gasteiger partial charge in [0.05, 0.1) is 0 Å². The van der Waals surface area contributed by atoms with Gasteiger partial charge >= 0.3 is 6.18 Å². The van der Waals surface area contributed by atoms with Crippen molar-refractivity contribution in [2.24, 2.45) is 0 Å². The number of halogens is 3. The molecule has 1 unspecified atom stereocenters. The SMILES string of the molecule is [CH2]C(C)(O)C(F)(F)F. The quantitative estimate of drug-likeness (QED) is 0.517. The van der Waals surface area contributed by atoms with Gasteiger partial charge < -0.3 is 5.11 Å². The Kier molecular flexibility index (Phi) is 1.57. The normalized spacial score (nSPS) is 14.2. The molecule has 0 fully saturated rings. The molecule has 0 saturated heterocycles. The third kappa shape index (κ3) is 1.69. The fourth-order valence-corrected chi connectivity index (χ4v) is 0. The lowest BCUT2D eigenvalue weighted by Gasteiger charge is -2.19. The van der Waals surface area contributed by atoms with E-state index in [-0.39, 0.29) is 0 Å². The lowest BCUT2D eigenvalue weighted by molar-refractivity contribution is -0.233. The van der Waals surface area contributed by atoms with Gasteiger partial charge in [0.15, 0.2) is 5.60 Å². The molecule has 0 aliphatic carbocycles. The number of alkyl halides is 3. The summed E-state index contributed by atoms with van der Waals surface area (Å²) in [6, 6.07) is 0. The Morgan fingerprint density at radius 3 is 1.50 bits per heavy atom. The van der Waals surface area contributed by atoms with Gasteiger partial charge in [0, 0.05) is 0 Å². The van der Waals surface area contributed by atoms with Crippen molar-refractivity contribution in [2.75, 3.05) is 0 Å². The Balaban J connectivity index is 4.02. The van der Waals surface area contributed by atoms with Crippen LogP contribution in [0.2, 0.25) is 0 Å². The Labute approximate surface area is 45.1 Å². The minimum atomic E-state index is -4.62. The van der Waals surface area contributed by atoms with Crippen molar-refractivity contribution in [3.8, 4) is 0 Å². The molecule has 0 rings (SSSR count). The van der Waals surface area contributed by atoms with Gasteiger partial charge in [0.1, 0.15) is 0 Å². The van der Waals surface area contributed by atoms with Gasteiger partial charge in [-0.3, -0.25) is 0 Å². The molecule has 0 aliphatic heterocycles. The fourth-order valence-electron chi connectivity index (χ4n) is 0. The van der Waals surface area contributed by atoms with Crippen LogP contribution in [-0.4, -0.2) is 16.9 Å². The first-order valence-electron chi connectivity index (χ1n) is 1.89. The van der Waals surface area contributed by atoms with Gasteiger partial charge in [-0.25, -0.2) is 0 Å². The van der Waals surface area contributed by atoms with Crippen LogP contribution in [-0.2, 0) is 0 Å². The third-order valence-electron chi connectivity index (χ3n) is 0.611. The van der Waals surface area contributed by atoms with Crippen molar-refractivity contribution in [1.29, 1.82) is 0 Å². The summed E-state index contributed by atoms with van der Waals surface area (Å²) in [6.45, 7) is 3.06. The van der Waals surface area contributed by atoms with E-state index in [1.54, 1.807) is 0 Å². The molecule has 1 nitrogen and oxygen atoms in total. The zero-order valence-corrected chi connectivity index (χ0v) is 4.29. The summed E-state index contributed by atoms with van der Waals surface area (Å²) in [7, 11) is 0. The van der Waals surface area contributed by atoms with Crippen molar-refractivity contribution in [1.82, 2.24) is 0 Å². The van der Waals surface area contributed by atoms with E-state index in [9.17, 15) is 13.2 Å². The minimum absolute atomic E-state index is 0.590. The average molecular weight is 127 g/mol. The van der Waals surface area contributed by atoms with E-state index in [0.717, 1.165) is 0 Å². The summed E-state index contributed by atoms with van der Waals surface area (Å²) in [5.74, 6) is 0. The van der Waals surface area contributed by atoms with Gasteiger partial charge in [0.25, 0.3) is 0 Å². The highest BCUT2D eigenvalue weighted by atomic mass is 19.4. The summed E-state index contributed by atoms with van der Waals surface area (Å²) in [6.07, 6.45) is -4.62. The lowest BCUT2D eigenvalue weighted by atomic mass is 10.1. The largest absolute Gasteiger partial charge is 0.416 e. The van der Waals surface area contributed by atoms with Crippen LogP contribution in [0, 0.1) is 6.92 Å². The van der Waals surface area contributed by atoms with Crippen LogP contribution in [0.5, 0.6) is 0 Å². The van der Waals surface area contributed by atoms with Crippen LogP contribution in [0.25, 0.3) is 0 Å². The Hall–Kier alpha value is -0.250. The molecule has 1 N–H and O–H groups in total. The zero-order valence-electron chi connectivity index (χ0n) is 4.29. The minimum Gasteiger partial charge on any atom is -0.381 e. The molecule has 0 spiro atoms. The predicted octanol–water partition coefficient (Wildman–Crippen LogP) is 1.13. The van der Waals surface area contributed by atoms with Crippen LogP contribution in [0.15, 0.2) is 0 Å². The van der Waals surface area contributed by atoms with Crippen molar-refractivity contribution in [3.63, 3.8) is 0 Å². The molecule has 0 aromatic rings. The average Bonchev–Trinajstić information content (AvgIpc) is 1.25. The smallest absolute Gasteiger partial charge is 0.381 e. The van der Waals surface area contributed by atoms with E-state index >= 15 is 0 Å². The summed E-state index contributed by atoms with van der Waals surface area (Å²) >= 11 is 0. The van der Waals surface area contributed by atoms with Gasteiger partial charge in [0.2, 0.25) is 0 Å². The highest BCUT2D eigenvalue weighted by Crippen LogP contribution is 2.28. The molecule has 0 aliphatic rings. The standard InChI is InChI=1S/C4H6F3O/c1-3(2,8)4(5,6)7/h8H,1H2,2H3. The molecule has 4 heteroatoms. The predicted molar refractivity (Wildman–Crippen MR) is 22.0 cm³/mol. The van der Waals surface area contributed by atoms with E-state index in [1.807, 2.05) is 0 Å². The first-order valence-corrected chi connectivity index (χ1v) is 1.89. The van der Waals surface area contributed by atoms with E-state index in [4.69, 9.17) is 5.11 Å². The molecule has 8 heavy (non-hydrogen) atoms. The molecule has 1 radical (unpaired) electrons. The van der Waals surface area contributed by atoms with Crippen LogP contribution < -0.4 is 0 Å². The molecule has 0 heterocycles. The van der Waals surface area contributed by atoms with E-state index in [1.165, 1.54) is 0 Å². The Morgan fingerprint density at radius 2 is 1.50 bits per heavy atom. The number of rotatable bonds is 0. The summed E-state index contributed by atoms with van der Waals surface area (Å²) in [5, 5.41) is 8.12. The van der Waals surface area contributed by atoms with Gasteiger partial charge in [-0.2, -0.15) is 13.2 Å². The summed E-state index contributed by atoms with van der Waals surface area (Å²) in [4.78, 5) is 0. The molecule has 1 atom stereocenters. The number of aliphatic hydroxyl groups is 1. The molecule has 0 aromatic heterocycles. The van der Waals surface area contributed by atoms with Gasteiger partial charge in [-0.05, 0) is 13.8 Å². The highest BCUT2D eigenvalue weighted by Gasteiger charge is 2.45. The van der Waals surface area contributed by atoms with Crippen molar-refractivity contribution in [3.05, 3.63) is 6.92 Å². The third-order valence-corrected chi connectivity index (χ3v) is 0.611. The second-order valence-electron chi connectivity index (χ2n) is 1.77. The van der Waals surface area contributed by atoms with E-state index in [2.05, 4.69) is 6.92 Å². The highest BCUT2D eigenvalue weighted by molar-refractivity contribution is 4.83. The number of hydrogen-bond acceptors (Lipinski definition) is 1. The fraction of sp³-hybridized carbons (Fsp3) is 0.750. The summed E-state index contributed by atoms with van der Waals surface area (Å²) in [5.41, 5.74) is -2.81. The van der Waals surface area contributed by atoms with E-state index in [0.29, 0.717) is 6.92 Å². The Bertz CT molecular complexity index is 66.3. The first-order chi connectivity index (χ1) is 3.25. The molecule has 0 amide bonds. The first kappa shape index (κ1) is 7.75. The molecular formula is C4H6F3O. The topological polar surface area (TPSA) is 20.2 Å². The molecule has 0 aromatic carbocycles. The molecule has 0 bridgehead atoms.